The molecule has 2 nitrogen and oxygen atoms in total. The van der Waals surface area contributed by atoms with E-state index in [0.29, 0.717) is 0 Å². The van der Waals surface area contributed by atoms with Crippen LogP contribution in [-0.2, 0) is 0 Å². The van der Waals surface area contributed by atoms with Gasteiger partial charge in [-0.05, 0) is 23.3 Å². The number of hydrogen-bond acceptors (Lipinski definition) is 3. The topological polar surface area (TPSA) is 25.8 Å². The van der Waals surface area contributed by atoms with E-state index in [4.69, 9.17) is 0 Å². The highest BCUT2D eigenvalue weighted by Crippen LogP contribution is 2.34. The summed E-state index contributed by atoms with van der Waals surface area (Å²) in [5.41, 5.74) is 3.53. The summed E-state index contributed by atoms with van der Waals surface area (Å²) in [6, 6.07) is 23.0. The lowest BCUT2D eigenvalue weighted by atomic mass is 10.1. The van der Waals surface area contributed by atoms with Crippen LogP contribution in [0.3, 0.4) is 0 Å². The Morgan fingerprint density at radius 1 is 0.682 bits per heavy atom. The van der Waals surface area contributed by atoms with Gasteiger partial charge in [0.25, 0.3) is 0 Å². The van der Waals surface area contributed by atoms with Crippen LogP contribution in [0.25, 0.3) is 31.9 Å². The van der Waals surface area contributed by atoms with E-state index in [-0.39, 0.29) is 0 Å². The molecule has 0 unspecified atom stereocenters. The van der Waals surface area contributed by atoms with Crippen LogP contribution in [0.15, 0.2) is 66.7 Å². The minimum Gasteiger partial charge on any atom is -0.138 e. The van der Waals surface area contributed by atoms with E-state index in [1.165, 1.54) is 16.3 Å². The summed E-state index contributed by atoms with van der Waals surface area (Å²) in [5, 5.41) is 13.2. The first-order valence-electron chi connectivity index (χ1n) is 7.20. The average molecular weight is 302 g/mol. The standard InChI is InChI=1S/C19H14N2S/c1-13-7-2-4-10-15(13)18-20-21-19(22-18)17-12-6-9-14-8-3-5-11-16(14)17/h2-12H,1H3. The van der Waals surface area contributed by atoms with Gasteiger partial charge in [0.1, 0.15) is 10.0 Å². The summed E-state index contributed by atoms with van der Waals surface area (Å²) in [4.78, 5) is 0. The molecule has 0 radical (unpaired) electrons. The van der Waals surface area contributed by atoms with Crippen LogP contribution in [0.2, 0.25) is 0 Å². The van der Waals surface area contributed by atoms with Crippen LogP contribution in [0.4, 0.5) is 0 Å². The summed E-state index contributed by atoms with van der Waals surface area (Å²) in [6.07, 6.45) is 0. The Labute approximate surface area is 133 Å². The predicted octanol–water partition coefficient (Wildman–Crippen LogP) is 5.33. The largest absolute Gasteiger partial charge is 0.148 e. The molecule has 3 aromatic carbocycles. The first-order valence-corrected chi connectivity index (χ1v) is 8.02. The Bertz CT molecular complexity index is 951. The van der Waals surface area contributed by atoms with Crippen molar-refractivity contribution in [3.63, 3.8) is 0 Å². The molecule has 0 saturated carbocycles. The van der Waals surface area contributed by atoms with Crippen LogP contribution in [0.1, 0.15) is 5.56 Å². The van der Waals surface area contributed by atoms with Gasteiger partial charge in [-0.15, -0.1) is 10.2 Å². The van der Waals surface area contributed by atoms with Gasteiger partial charge < -0.3 is 0 Å². The maximum Gasteiger partial charge on any atom is 0.148 e. The minimum atomic E-state index is 0.968. The number of nitrogens with zero attached hydrogens (tertiary/aromatic N) is 2. The molecule has 0 N–H and O–H groups in total. The lowest BCUT2D eigenvalue weighted by molar-refractivity contribution is 1.10. The van der Waals surface area contributed by atoms with Gasteiger partial charge in [-0.25, -0.2) is 0 Å². The molecule has 0 spiro atoms. The quantitative estimate of drug-likeness (QED) is 0.500. The van der Waals surface area contributed by atoms with Crippen LogP contribution in [-0.4, -0.2) is 10.2 Å². The zero-order valence-corrected chi connectivity index (χ0v) is 13.0. The smallest absolute Gasteiger partial charge is 0.138 e. The fourth-order valence-electron chi connectivity index (χ4n) is 2.67. The second-order valence-electron chi connectivity index (χ2n) is 5.25. The van der Waals surface area contributed by atoms with Crippen molar-refractivity contribution < 1.29 is 0 Å². The maximum absolute atomic E-state index is 4.42. The monoisotopic (exact) mass is 302 g/mol. The zero-order chi connectivity index (χ0) is 14.9. The SMILES string of the molecule is Cc1ccccc1-c1nnc(-c2cccc3ccccc23)s1. The summed E-state index contributed by atoms with van der Waals surface area (Å²) in [6.45, 7) is 2.11. The molecule has 0 aliphatic heterocycles. The molecule has 4 aromatic rings. The predicted molar refractivity (Wildman–Crippen MR) is 93.0 cm³/mol. The lowest BCUT2D eigenvalue weighted by Crippen LogP contribution is -1.81. The normalized spacial score (nSPS) is 11.0. The van der Waals surface area contributed by atoms with E-state index in [1.54, 1.807) is 11.3 Å². The zero-order valence-electron chi connectivity index (χ0n) is 12.2. The van der Waals surface area contributed by atoms with Crippen molar-refractivity contribution in [1.82, 2.24) is 10.2 Å². The van der Waals surface area contributed by atoms with Crippen molar-refractivity contribution in [2.75, 3.05) is 0 Å². The molecule has 0 saturated heterocycles. The fourth-order valence-corrected chi connectivity index (χ4v) is 3.64. The van der Waals surface area contributed by atoms with Gasteiger partial charge in [0.2, 0.25) is 0 Å². The maximum atomic E-state index is 4.42. The molecule has 0 aliphatic rings. The summed E-state index contributed by atoms with van der Waals surface area (Å²) in [5.74, 6) is 0. The van der Waals surface area contributed by atoms with E-state index >= 15 is 0 Å². The minimum absolute atomic E-state index is 0.968. The van der Waals surface area contributed by atoms with E-state index in [9.17, 15) is 0 Å². The van der Waals surface area contributed by atoms with Gasteiger partial charge in [-0.1, -0.05) is 78.1 Å². The van der Waals surface area contributed by atoms with Crippen LogP contribution >= 0.6 is 11.3 Å². The molecule has 0 bridgehead atoms. The third-order valence-electron chi connectivity index (χ3n) is 3.82. The van der Waals surface area contributed by atoms with Gasteiger partial charge in [0, 0.05) is 11.1 Å². The first-order chi connectivity index (χ1) is 10.8. The van der Waals surface area contributed by atoms with Gasteiger partial charge in [0.05, 0.1) is 0 Å². The second kappa shape index (κ2) is 5.35. The molecule has 4 rings (SSSR count). The van der Waals surface area contributed by atoms with Gasteiger partial charge in [-0.2, -0.15) is 0 Å². The Kier molecular flexibility index (Phi) is 3.20. The molecular weight excluding hydrogens is 288 g/mol. The first kappa shape index (κ1) is 13.2. The molecular formula is C19H14N2S. The number of aryl methyl sites for hydroxylation is 1. The van der Waals surface area contributed by atoms with Crippen LogP contribution in [0, 0.1) is 6.92 Å². The molecule has 22 heavy (non-hydrogen) atoms. The molecule has 0 atom stereocenters. The van der Waals surface area contributed by atoms with Crippen molar-refractivity contribution in [2.24, 2.45) is 0 Å². The number of rotatable bonds is 2. The summed E-state index contributed by atoms with van der Waals surface area (Å²) in [7, 11) is 0. The summed E-state index contributed by atoms with van der Waals surface area (Å²) < 4.78 is 0. The fraction of sp³-hybridized carbons (Fsp3) is 0.0526. The lowest BCUT2D eigenvalue weighted by Gasteiger charge is -2.02. The number of aromatic nitrogens is 2. The molecule has 1 aromatic heterocycles. The summed E-state index contributed by atoms with van der Waals surface area (Å²) >= 11 is 1.65. The second-order valence-corrected chi connectivity index (χ2v) is 6.23. The third-order valence-corrected chi connectivity index (χ3v) is 4.81. The van der Waals surface area contributed by atoms with E-state index < -0.39 is 0 Å². The Balaban J connectivity index is 1.86. The van der Waals surface area contributed by atoms with Crippen LogP contribution < -0.4 is 0 Å². The Hall–Kier alpha value is -2.52. The average Bonchev–Trinajstić information content (AvgIpc) is 3.04. The van der Waals surface area contributed by atoms with E-state index in [1.807, 2.05) is 12.1 Å². The molecule has 106 valence electrons. The van der Waals surface area contributed by atoms with Crippen molar-refractivity contribution in [1.29, 1.82) is 0 Å². The van der Waals surface area contributed by atoms with Gasteiger partial charge in [0.15, 0.2) is 0 Å². The highest BCUT2D eigenvalue weighted by molar-refractivity contribution is 7.18. The molecule has 0 amide bonds. The number of hydrogen-bond donors (Lipinski definition) is 0. The third kappa shape index (κ3) is 2.20. The van der Waals surface area contributed by atoms with E-state index in [2.05, 4.69) is 71.7 Å². The molecule has 0 fully saturated rings. The van der Waals surface area contributed by atoms with Crippen molar-refractivity contribution in [3.05, 3.63) is 72.3 Å². The Morgan fingerprint density at radius 2 is 1.32 bits per heavy atom. The number of fused-ring (bicyclic) bond motifs is 1. The van der Waals surface area contributed by atoms with Crippen LogP contribution in [0.5, 0.6) is 0 Å². The van der Waals surface area contributed by atoms with E-state index in [0.717, 1.165) is 21.1 Å². The van der Waals surface area contributed by atoms with Crippen molar-refractivity contribution in [2.45, 2.75) is 6.92 Å². The molecule has 3 heteroatoms. The number of benzene rings is 3. The van der Waals surface area contributed by atoms with Crippen molar-refractivity contribution in [3.8, 4) is 21.1 Å². The molecule has 0 aliphatic carbocycles. The van der Waals surface area contributed by atoms with Gasteiger partial charge in [-0.3, -0.25) is 0 Å². The van der Waals surface area contributed by atoms with Gasteiger partial charge >= 0.3 is 0 Å². The van der Waals surface area contributed by atoms with Crippen molar-refractivity contribution >= 4 is 22.1 Å². The highest BCUT2D eigenvalue weighted by Gasteiger charge is 2.12. The highest BCUT2D eigenvalue weighted by atomic mass is 32.1. The molecule has 1 heterocycles. The Morgan fingerprint density at radius 3 is 2.18 bits per heavy atom.